The molecule has 0 saturated carbocycles. The highest BCUT2D eigenvalue weighted by Crippen LogP contribution is 2.31. The van der Waals surface area contributed by atoms with Crippen molar-refractivity contribution in [3.05, 3.63) is 23.8 Å². The second-order valence-electron chi connectivity index (χ2n) is 4.86. The number of fused-ring (bicyclic) bond motifs is 1. The van der Waals surface area contributed by atoms with Crippen LogP contribution in [-0.4, -0.2) is 37.6 Å². The van der Waals surface area contributed by atoms with Gasteiger partial charge >= 0.3 is 5.97 Å². The van der Waals surface area contributed by atoms with Crippen LogP contribution in [0.3, 0.4) is 0 Å². The number of likely N-dealkylation sites (N-methyl/N-ethyl adjacent to an activating group) is 1. The lowest BCUT2D eigenvalue weighted by Crippen LogP contribution is -2.20. The molecule has 1 heterocycles. The Hall–Kier alpha value is -2.04. The van der Waals surface area contributed by atoms with E-state index in [1.165, 1.54) is 0 Å². The third-order valence-electron chi connectivity index (χ3n) is 3.47. The molecule has 1 aliphatic rings. The van der Waals surface area contributed by atoms with Crippen LogP contribution in [0.1, 0.15) is 18.4 Å². The number of amides is 1. The number of nitrogens with zero attached hydrogens (tertiary/aromatic N) is 2. The van der Waals surface area contributed by atoms with Crippen molar-refractivity contribution in [2.45, 2.75) is 19.3 Å². The number of benzene rings is 1. The molecule has 0 saturated heterocycles. The quantitative estimate of drug-likeness (QED) is 0.873. The number of hydrogen-bond acceptors (Lipinski definition) is 3. The Kier molecular flexibility index (Phi) is 3.74. The van der Waals surface area contributed by atoms with E-state index in [0.29, 0.717) is 19.4 Å². The minimum absolute atomic E-state index is 0.112. The van der Waals surface area contributed by atoms with Gasteiger partial charge in [0, 0.05) is 38.4 Å². The second-order valence-corrected chi connectivity index (χ2v) is 4.86. The van der Waals surface area contributed by atoms with Crippen LogP contribution in [0.25, 0.3) is 0 Å². The summed E-state index contributed by atoms with van der Waals surface area (Å²) in [5.74, 6) is -0.657. The normalized spacial score (nSPS) is 13.6. The van der Waals surface area contributed by atoms with Crippen molar-refractivity contribution in [1.29, 1.82) is 0 Å². The van der Waals surface area contributed by atoms with Gasteiger partial charge in [-0.2, -0.15) is 0 Å². The van der Waals surface area contributed by atoms with Gasteiger partial charge in [-0.25, -0.2) is 0 Å². The molecule has 5 nitrogen and oxygen atoms in total. The molecule has 2 rings (SSSR count). The number of carbonyl (C=O) groups is 2. The van der Waals surface area contributed by atoms with Crippen molar-refractivity contribution in [1.82, 2.24) is 0 Å². The SMILES string of the molecule is CN(CCCC(=O)O)c1ccc2c(c1)CC(=O)N2C. The summed E-state index contributed by atoms with van der Waals surface area (Å²) >= 11 is 0. The number of anilines is 2. The van der Waals surface area contributed by atoms with Crippen molar-refractivity contribution >= 4 is 23.3 Å². The predicted octanol–water partition coefficient (Wildman–Crippen LogP) is 1.51. The molecular formula is C14H18N2O3. The molecule has 19 heavy (non-hydrogen) atoms. The molecule has 0 aromatic heterocycles. The average Bonchev–Trinajstić information content (AvgIpc) is 2.64. The first-order chi connectivity index (χ1) is 8.99. The summed E-state index contributed by atoms with van der Waals surface area (Å²) in [5, 5.41) is 8.62. The van der Waals surface area contributed by atoms with Crippen molar-refractivity contribution in [3.8, 4) is 0 Å². The minimum atomic E-state index is -0.769. The van der Waals surface area contributed by atoms with E-state index in [0.717, 1.165) is 16.9 Å². The molecule has 0 radical (unpaired) electrons. The molecule has 0 fully saturated rings. The van der Waals surface area contributed by atoms with E-state index in [2.05, 4.69) is 0 Å². The molecule has 1 N–H and O–H groups in total. The first-order valence-corrected chi connectivity index (χ1v) is 6.31. The van der Waals surface area contributed by atoms with Gasteiger partial charge in [0.25, 0.3) is 0 Å². The first-order valence-electron chi connectivity index (χ1n) is 6.31. The van der Waals surface area contributed by atoms with Crippen molar-refractivity contribution < 1.29 is 14.7 Å². The molecule has 0 spiro atoms. The lowest BCUT2D eigenvalue weighted by Gasteiger charge is -2.20. The highest BCUT2D eigenvalue weighted by Gasteiger charge is 2.24. The van der Waals surface area contributed by atoms with Gasteiger partial charge in [-0.3, -0.25) is 9.59 Å². The van der Waals surface area contributed by atoms with E-state index < -0.39 is 5.97 Å². The summed E-state index contributed by atoms with van der Waals surface area (Å²) in [6, 6.07) is 5.93. The number of carboxylic acids is 1. The van der Waals surface area contributed by atoms with Crippen molar-refractivity contribution in [3.63, 3.8) is 0 Å². The summed E-state index contributed by atoms with van der Waals surface area (Å²) in [7, 11) is 3.72. The number of hydrogen-bond donors (Lipinski definition) is 1. The molecule has 102 valence electrons. The average molecular weight is 262 g/mol. The van der Waals surface area contributed by atoms with E-state index in [9.17, 15) is 9.59 Å². The van der Waals surface area contributed by atoms with Gasteiger partial charge in [-0.1, -0.05) is 0 Å². The predicted molar refractivity (Wildman–Crippen MR) is 73.7 cm³/mol. The van der Waals surface area contributed by atoms with E-state index >= 15 is 0 Å². The number of rotatable bonds is 5. The molecule has 1 aliphatic heterocycles. The summed E-state index contributed by atoms with van der Waals surface area (Å²) in [6.07, 6.45) is 1.24. The van der Waals surface area contributed by atoms with Gasteiger partial charge in [-0.05, 0) is 30.2 Å². The van der Waals surface area contributed by atoms with Crippen molar-refractivity contribution in [2.24, 2.45) is 0 Å². The summed E-state index contributed by atoms with van der Waals surface area (Å²) < 4.78 is 0. The molecule has 1 amide bonds. The Morgan fingerprint density at radius 2 is 2.21 bits per heavy atom. The summed E-state index contributed by atoms with van der Waals surface area (Å²) in [4.78, 5) is 25.8. The zero-order valence-corrected chi connectivity index (χ0v) is 11.2. The fourth-order valence-electron chi connectivity index (χ4n) is 2.29. The summed E-state index contributed by atoms with van der Waals surface area (Å²) in [6.45, 7) is 0.689. The Labute approximate surface area is 112 Å². The lowest BCUT2D eigenvalue weighted by molar-refractivity contribution is -0.137. The lowest BCUT2D eigenvalue weighted by atomic mass is 10.1. The number of carboxylic acid groups (broad SMARTS) is 1. The maximum absolute atomic E-state index is 11.6. The fraction of sp³-hybridized carbons (Fsp3) is 0.429. The highest BCUT2D eigenvalue weighted by molar-refractivity contribution is 6.01. The van der Waals surface area contributed by atoms with E-state index in [4.69, 9.17) is 5.11 Å². The highest BCUT2D eigenvalue weighted by atomic mass is 16.4. The second kappa shape index (κ2) is 5.30. The Morgan fingerprint density at radius 3 is 2.89 bits per heavy atom. The molecule has 0 bridgehead atoms. The van der Waals surface area contributed by atoms with Crippen LogP contribution < -0.4 is 9.80 Å². The standard InChI is InChI=1S/C14H18N2O3/c1-15(7-3-4-14(18)19)11-5-6-12-10(8-11)9-13(17)16(12)2/h5-6,8H,3-4,7,9H2,1-2H3,(H,18,19). The molecule has 0 aliphatic carbocycles. The Bertz CT molecular complexity index is 513. The van der Waals surface area contributed by atoms with E-state index in [-0.39, 0.29) is 12.3 Å². The van der Waals surface area contributed by atoms with E-state index in [1.54, 1.807) is 11.9 Å². The third kappa shape index (κ3) is 2.86. The van der Waals surface area contributed by atoms with Crippen molar-refractivity contribution in [2.75, 3.05) is 30.4 Å². The van der Waals surface area contributed by atoms with Gasteiger partial charge in [0.1, 0.15) is 0 Å². The van der Waals surface area contributed by atoms with Crippen LogP contribution in [-0.2, 0) is 16.0 Å². The van der Waals surface area contributed by atoms with Crippen LogP contribution in [0, 0.1) is 0 Å². The zero-order valence-electron chi connectivity index (χ0n) is 11.2. The molecule has 1 aromatic carbocycles. The zero-order chi connectivity index (χ0) is 14.0. The van der Waals surface area contributed by atoms with Crippen LogP contribution in [0.2, 0.25) is 0 Å². The summed E-state index contributed by atoms with van der Waals surface area (Å²) in [5.41, 5.74) is 3.02. The minimum Gasteiger partial charge on any atom is -0.481 e. The van der Waals surface area contributed by atoms with Crippen LogP contribution in [0.5, 0.6) is 0 Å². The fourth-order valence-corrected chi connectivity index (χ4v) is 2.29. The molecule has 1 aromatic rings. The maximum Gasteiger partial charge on any atom is 0.303 e. The topological polar surface area (TPSA) is 60.9 Å². The maximum atomic E-state index is 11.6. The first kappa shape index (κ1) is 13.4. The number of carbonyl (C=O) groups excluding carboxylic acids is 1. The van der Waals surface area contributed by atoms with Gasteiger partial charge in [0.2, 0.25) is 5.91 Å². The van der Waals surface area contributed by atoms with Crippen LogP contribution >= 0.6 is 0 Å². The largest absolute Gasteiger partial charge is 0.481 e. The smallest absolute Gasteiger partial charge is 0.303 e. The number of aliphatic carboxylic acids is 1. The Morgan fingerprint density at radius 1 is 1.47 bits per heavy atom. The monoisotopic (exact) mass is 262 g/mol. The van der Waals surface area contributed by atoms with Gasteiger partial charge in [0.05, 0.1) is 6.42 Å². The van der Waals surface area contributed by atoms with Gasteiger partial charge < -0.3 is 14.9 Å². The van der Waals surface area contributed by atoms with Crippen LogP contribution in [0.4, 0.5) is 11.4 Å². The third-order valence-corrected chi connectivity index (χ3v) is 3.47. The van der Waals surface area contributed by atoms with Gasteiger partial charge in [-0.15, -0.1) is 0 Å². The molecule has 0 atom stereocenters. The van der Waals surface area contributed by atoms with Gasteiger partial charge in [0.15, 0.2) is 0 Å². The molecule has 0 unspecified atom stereocenters. The Balaban J connectivity index is 2.04. The molecule has 5 heteroatoms. The van der Waals surface area contributed by atoms with Crippen LogP contribution in [0.15, 0.2) is 18.2 Å². The molecular weight excluding hydrogens is 244 g/mol. The van der Waals surface area contributed by atoms with E-state index in [1.807, 2.05) is 30.1 Å².